The monoisotopic (exact) mass is 743 g/mol. The number of hydrogen-bond donors (Lipinski definition) is 0. The summed E-state index contributed by atoms with van der Waals surface area (Å²) in [5, 5.41) is 11.6. The van der Waals surface area contributed by atoms with Crippen LogP contribution in [0.4, 0.5) is 18.9 Å². The minimum Gasteiger partial charge on any atom is -0.493 e. The van der Waals surface area contributed by atoms with Gasteiger partial charge in [0.15, 0.2) is 11.5 Å². The lowest BCUT2D eigenvalue weighted by Crippen LogP contribution is -2.59. The molecule has 0 aliphatic carbocycles. The van der Waals surface area contributed by atoms with Crippen molar-refractivity contribution in [3.8, 4) is 11.5 Å². The second-order valence-electron chi connectivity index (χ2n) is 11.9. The maximum atomic E-state index is 15.6. The number of benzene rings is 3. The maximum absolute atomic E-state index is 15.6. The van der Waals surface area contributed by atoms with Gasteiger partial charge in [-0.15, -0.1) is 0 Å². The Morgan fingerprint density at radius 3 is 2.25 bits per heavy atom. The first-order valence-corrected chi connectivity index (χ1v) is 17.2. The molecule has 286 valence electrons. The minimum absolute atomic E-state index is 0.0324. The third-order valence-corrected chi connectivity index (χ3v) is 8.65. The highest BCUT2D eigenvalue weighted by molar-refractivity contribution is 5.96. The number of likely N-dealkylation sites (tertiary alicyclic amines) is 1. The molecule has 12 nitrogen and oxygen atoms in total. The number of nitro benzene ring substituents is 1. The predicted octanol–water partition coefficient (Wildman–Crippen LogP) is 7.19. The first-order valence-electron chi connectivity index (χ1n) is 17.2. The molecule has 5 rings (SSSR count). The van der Waals surface area contributed by atoms with Crippen LogP contribution in [0, 0.1) is 10.1 Å². The van der Waals surface area contributed by atoms with Crippen LogP contribution in [0.5, 0.6) is 11.5 Å². The molecule has 0 bridgehead atoms. The van der Waals surface area contributed by atoms with E-state index >= 15 is 13.2 Å². The van der Waals surface area contributed by atoms with E-state index in [1.54, 1.807) is 55.5 Å². The van der Waals surface area contributed by atoms with Gasteiger partial charge in [0.2, 0.25) is 0 Å². The van der Waals surface area contributed by atoms with E-state index in [0.29, 0.717) is 17.1 Å². The molecule has 0 spiro atoms. The van der Waals surface area contributed by atoms with Crippen LogP contribution in [-0.2, 0) is 42.4 Å². The Morgan fingerprint density at radius 2 is 1.64 bits per heavy atom. The average Bonchev–Trinajstić information content (AvgIpc) is 3.50. The largest absolute Gasteiger partial charge is 0.493 e. The Kier molecular flexibility index (Phi) is 13.8. The number of hydrogen-bond acceptors (Lipinski definition) is 9. The molecule has 0 radical (unpaired) electrons. The maximum Gasteiger partial charge on any atom is 0.431 e. The lowest BCUT2D eigenvalue weighted by molar-refractivity contribution is -0.384. The fourth-order valence-corrected chi connectivity index (χ4v) is 6.22. The highest BCUT2D eigenvalue weighted by Crippen LogP contribution is 2.48. The van der Waals surface area contributed by atoms with E-state index in [1.165, 1.54) is 30.0 Å². The van der Waals surface area contributed by atoms with E-state index in [4.69, 9.17) is 23.7 Å². The fraction of sp³-hybridized carbons (Fsp3) is 0.421. The van der Waals surface area contributed by atoms with E-state index in [-0.39, 0.29) is 62.1 Å². The summed E-state index contributed by atoms with van der Waals surface area (Å²) in [4.78, 5) is 38.3. The Bertz CT molecular complexity index is 1860. The number of carbonyl (C=O) groups excluding carboxylic acids is 2. The van der Waals surface area contributed by atoms with Gasteiger partial charge in [-0.25, -0.2) is 0 Å². The van der Waals surface area contributed by atoms with Crippen molar-refractivity contribution in [1.82, 2.24) is 9.47 Å². The number of esters is 1. The number of methoxy groups -OCH3 is 2. The summed E-state index contributed by atoms with van der Waals surface area (Å²) < 4.78 is 75.1. The summed E-state index contributed by atoms with van der Waals surface area (Å²) >= 11 is 0. The number of piperidine rings is 1. The van der Waals surface area contributed by atoms with Crippen molar-refractivity contribution in [3.63, 3.8) is 0 Å². The number of non-ortho nitro benzene ring substituents is 1. The Hall–Kier alpha value is -5.15. The fourth-order valence-electron chi connectivity index (χ4n) is 6.22. The second-order valence-corrected chi connectivity index (χ2v) is 11.9. The van der Waals surface area contributed by atoms with Crippen LogP contribution in [0.1, 0.15) is 50.3 Å². The zero-order valence-corrected chi connectivity index (χ0v) is 30.3. The number of carbonyl (C=O) groups is 2. The van der Waals surface area contributed by atoms with E-state index < -0.39 is 47.0 Å². The number of fused-ring (bicyclic) bond motifs is 1. The predicted molar refractivity (Wildman–Crippen MR) is 190 cm³/mol. The molecule has 53 heavy (non-hydrogen) atoms. The molecule has 0 N–H and O–H groups in total. The molecule has 1 unspecified atom stereocenters. The topological polar surface area (TPSA) is 132 Å². The van der Waals surface area contributed by atoms with Crippen LogP contribution in [0.25, 0.3) is 10.9 Å². The molecule has 1 atom stereocenters. The zero-order valence-electron chi connectivity index (χ0n) is 30.3. The smallest absolute Gasteiger partial charge is 0.431 e. The van der Waals surface area contributed by atoms with Gasteiger partial charge < -0.3 is 33.2 Å². The minimum atomic E-state index is -5.28. The number of amides is 1. The van der Waals surface area contributed by atoms with Gasteiger partial charge in [0.25, 0.3) is 17.2 Å². The highest BCUT2D eigenvalue weighted by atomic mass is 19.4. The van der Waals surface area contributed by atoms with Gasteiger partial charge in [-0.05, 0) is 36.2 Å². The van der Waals surface area contributed by atoms with Crippen molar-refractivity contribution in [2.24, 2.45) is 0 Å². The molecule has 4 aromatic rings. The van der Waals surface area contributed by atoms with Crippen molar-refractivity contribution in [2.45, 2.75) is 64.5 Å². The average molecular weight is 744 g/mol. The van der Waals surface area contributed by atoms with Crippen molar-refractivity contribution >= 4 is 28.5 Å². The normalized spacial score (nSPS) is 14.5. The third kappa shape index (κ3) is 9.08. The standard InChI is InChI=1S/C36H38F3N3O9.C2H6/c1-4-49-33(43)19-25-10-13-31(32(18-25)48-3)51-27-14-16-40(17-15-27)34(44)35(36(37,38)39,50-23-47-2)29-22-41(21-24-8-6-5-7-9-24)30-20-26(42(45)46)11-12-28(29)30;1-2/h5-13,18,20,22,27H,4,14-17,19,21,23H2,1-3H3;1-2H3. The van der Waals surface area contributed by atoms with Crippen molar-refractivity contribution < 1.29 is 51.4 Å². The molecule has 1 amide bonds. The van der Waals surface area contributed by atoms with E-state index in [0.717, 1.165) is 23.6 Å². The molecule has 15 heteroatoms. The molecule has 0 saturated carbocycles. The van der Waals surface area contributed by atoms with Crippen LogP contribution in [0.15, 0.2) is 72.9 Å². The molecule has 1 aliphatic rings. The SMILES string of the molecule is CC.CCOC(=O)Cc1ccc(OC2CCN(C(=O)C(OCOC)(c3cn(Cc4ccccc4)c4cc([N+](=O)[O-])ccc34)C(F)(F)F)CC2)c(OC)c1. The molecule has 2 heterocycles. The second kappa shape index (κ2) is 18.1. The van der Waals surface area contributed by atoms with Crippen LogP contribution in [-0.4, -0.2) is 79.3 Å². The van der Waals surface area contributed by atoms with Crippen molar-refractivity contribution in [3.05, 3.63) is 99.7 Å². The van der Waals surface area contributed by atoms with Gasteiger partial charge in [0.1, 0.15) is 12.9 Å². The number of halogens is 3. The van der Waals surface area contributed by atoms with E-state index in [1.807, 2.05) is 13.8 Å². The van der Waals surface area contributed by atoms with E-state index in [2.05, 4.69) is 0 Å². The van der Waals surface area contributed by atoms with Crippen LogP contribution in [0.2, 0.25) is 0 Å². The van der Waals surface area contributed by atoms with E-state index in [9.17, 15) is 19.7 Å². The highest BCUT2D eigenvalue weighted by Gasteiger charge is 2.65. The molecular formula is C38H44F3N3O9. The Balaban J connectivity index is 0.00000308. The molecule has 1 fully saturated rings. The molecule has 1 saturated heterocycles. The van der Waals surface area contributed by atoms with Crippen molar-refractivity contribution in [2.75, 3.05) is 40.7 Å². The van der Waals surface area contributed by atoms with Gasteiger partial charge in [-0.3, -0.25) is 19.7 Å². The molecule has 1 aliphatic heterocycles. The zero-order chi connectivity index (χ0) is 38.8. The summed E-state index contributed by atoms with van der Waals surface area (Å²) in [5.41, 5.74) is -2.84. The van der Waals surface area contributed by atoms with Gasteiger partial charge in [-0.2, -0.15) is 13.2 Å². The van der Waals surface area contributed by atoms with Gasteiger partial charge >= 0.3 is 12.1 Å². The first-order chi connectivity index (χ1) is 25.4. The molecule has 3 aromatic carbocycles. The molecular weight excluding hydrogens is 699 g/mol. The number of rotatable bonds is 14. The number of nitrogens with zero attached hydrogens (tertiary/aromatic N) is 3. The summed E-state index contributed by atoms with van der Waals surface area (Å²) in [5.74, 6) is -0.991. The van der Waals surface area contributed by atoms with Crippen LogP contribution < -0.4 is 9.47 Å². The lowest BCUT2D eigenvalue weighted by Gasteiger charge is -2.40. The first kappa shape index (κ1) is 40.6. The lowest BCUT2D eigenvalue weighted by atomic mass is 9.89. The number of nitro groups is 1. The van der Waals surface area contributed by atoms with Crippen LogP contribution >= 0.6 is 0 Å². The number of aromatic nitrogens is 1. The van der Waals surface area contributed by atoms with Gasteiger partial charge in [-0.1, -0.05) is 50.2 Å². The van der Waals surface area contributed by atoms with Crippen LogP contribution in [0.3, 0.4) is 0 Å². The number of alkyl halides is 3. The van der Waals surface area contributed by atoms with Gasteiger partial charge in [0, 0.05) is 68.9 Å². The molecule has 1 aromatic heterocycles. The quantitative estimate of drug-likeness (QED) is 0.0570. The Labute approximate surface area is 305 Å². The number of ether oxygens (including phenoxy) is 5. The third-order valence-electron chi connectivity index (χ3n) is 8.65. The summed E-state index contributed by atoms with van der Waals surface area (Å²) in [6.45, 7) is 4.99. The van der Waals surface area contributed by atoms with Gasteiger partial charge in [0.05, 0.1) is 30.6 Å². The van der Waals surface area contributed by atoms with Crippen molar-refractivity contribution in [1.29, 1.82) is 0 Å². The summed E-state index contributed by atoms with van der Waals surface area (Å²) in [6, 6.07) is 17.3. The summed E-state index contributed by atoms with van der Waals surface area (Å²) in [6.07, 6.45) is -4.14. The Morgan fingerprint density at radius 1 is 0.943 bits per heavy atom. The summed E-state index contributed by atoms with van der Waals surface area (Å²) in [7, 11) is 2.59.